The number of fused-ring (bicyclic) bond motifs is 7. The Bertz CT molecular complexity index is 1730. The molecule has 2 aromatic heterocycles. The Morgan fingerprint density at radius 3 is 1.94 bits per heavy atom. The highest BCUT2D eigenvalue weighted by Gasteiger charge is 2.22. The molecule has 2 nitrogen and oxygen atoms in total. The number of aromatic amines is 1. The molecule has 8 heteroatoms. The lowest BCUT2D eigenvalue weighted by Gasteiger charge is -2.12. The van der Waals surface area contributed by atoms with Crippen molar-refractivity contribution in [2.75, 3.05) is 0 Å². The molecule has 32 heavy (non-hydrogen) atoms. The Kier molecular flexibility index (Phi) is 4.08. The smallest absolute Gasteiger partial charge is 0.142 e. The number of aromatic nitrogens is 2. The number of para-hydroxylation sites is 1. The second-order valence-electron chi connectivity index (χ2n) is 9.50. The van der Waals surface area contributed by atoms with Crippen LogP contribution in [-0.2, 0) is 0 Å². The molecule has 146 valence electrons. The van der Waals surface area contributed by atoms with Crippen LogP contribution < -0.4 is 32.8 Å². The van der Waals surface area contributed by atoms with Crippen LogP contribution in [0.4, 0.5) is 0 Å². The first-order valence-electron chi connectivity index (χ1n) is 11.4. The van der Waals surface area contributed by atoms with Crippen molar-refractivity contribution >= 4 is 123 Å². The van der Waals surface area contributed by atoms with Crippen LogP contribution in [0.2, 0.25) is 0 Å². The van der Waals surface area contributed by atoms with E-state index in [0.29, 0.717) is 0 Å². The molecule has 0 unspecified atom stereocenters. The Morgan fingerprint density at radius 2 is 1.22 bits per heavy atom. The third-order valence-electron chi connectivity index (χ3n) is 7.21. The SMILES string of the molecule is Bc1cc(B)c2[nH]c3c(c(B)c(B)c4c5cc(B)cc(B)c5n(-c5ccccc5)c34)c2c1. The van der Waals surface area contributed by atoms with E-state index in [0.717, 1.165) is 0 Å². The molecular formula is C24H22B6N2. The van der Waals surface area contributed by atoms with E-state index in [1.54, 1.807) is 0 Å². The number of hydrogen-bond donors (Lipinski definition) is 1. The predicted molar refractivity (Wildman–Crippen MR) is 159 cm³/mol. The zero-order valence-corrected chi connectivity index (χ0v) is 19.6. The van der Waals surface area contributed by atoms with Crippen molar-refractivity contribution in [2.24, 2.45) is 0 Å². The number of nitrogens with one attached hydrogen (secondary N) is 1. The minimum Gasteiger partial charge on any atom is -0.353 e. The summed E-state index contributed by atoms with van der Waals surface area (Å²) in [5, 5.41) is 5.39. The zero-order valence-electron chi connectivity index (χ0n) is 19.6. The van der Waals surface area contributed by atoms with Crippen LogP contribution in [0.25, 0.3) is 49.3 Å². The van der Waals surface area contributed by atoms with Crippen molar-refractivity contribution in [1.82, 2.24) is 9.55 Å². The van der Waals surface area contributed by atoms with Crippen molar-refractivity contribution in [1.29, 1.82) is 0 Å². The summed E-state index contributed by atoms with van der Waals surface area (Å²) < 4.78 is 2.48. The average molecular weight is 403 g/mol. The van der Waals surface area contributed by atoms with Gasteiger partial charge in [-0.1, -0.05) is 75.2 Å². The molecule has 0 bridgehead atoms. The van der Waals surface area contributed by atoms with E-state index in [4.69, 9.17) is 0 Å². The van der Waals surface area contributed by atoms with Crippen molar-refractivity contribution in [2.45, 2.75) is 0 Å². The molecule has 4 aromatic carbocycles. The maximum Gasteiger partial charge on any atom is 0.142 e. The average Bonchev–Trinajstić information content (AvgIpc) is 3.29. The van der Waals surface area contributed by atoms with E-state index in [9.17, 15) is 0 Å². The minimum absolute atomic E-state index is 1.20. The molecule has 0 aliphatic carbocycles. The maximum atomic E-state index is 3.87. The van der Waals surface area contributed by atoms with Gasteiger partial charge in [-0.05, 0) is 12.1 Å². The first kappa shape index (κ1) is 19.5. The lowest BCUT2D eigenvalue weighted by Crippen LogP contribution is -2.27. The number of H-pyrrole nitrogens is 1. The fraction of sp³-hybridized carbons (Fsp3) is 0. The summed E-state index contributed by atoms with van der Waals surface area (Å²) in [7, 11) is 13.4. The van der Waals surface area contributed by atoms with Crippen molar-refractivity contribution in [3.63, 3.8) is 0 Å². The largest absolute Gasteiger partial charge is 0.353 e. The van der Waals surface area contributed by atoms with Crippen LogP contribution in [0.15, 0.2) is 54.6 Å². The maximum absolute atomic E-state index is 3.87. The van der Waals surface area contributed by atoms with Gasteiger partial charge < -0.3 is 9.55 Å². The van der Waals surface area contributed by atoms with E-state index < -0.39 is 0 Å². The molecule has 0 saturated heterocycles. The molecule has 0 spiro atoms. The molecule has 0 radical (unpaired) electrons. The van der Waals surface area contributed by atoms with Gasteiger partial charge in [0.1, 0.15) is 47.1 Å². The molecule has 6 aromatic rings. The molecule has 0 aliphatic heterocycles. The summed E-state index contributed by atoms with van der Waals surface area (Å²) >= 11 is 0. The van der Waals surface area contributed by atoms with E-state index >= 15 is 0 Å². The molecule has 0 amide bonds. The van der Waals surface area contributed by atoms with Gasteiger partial charge in [0, 0.05) is 38.3 Å². The van der Waals surface area contributed by atoms with Crippen molar-refractivity contribution in [3.05, 3.63) is 54.6 Å². The van der Waals surface area contributed by atoms with Crippen LogP contribution in [0.3, 0.4) is 0 Å². The highest BCUT2D eigenvalue weighted by Crippen LogP contribution is 2.35. The van der Waals surface area contributed by atoms with Gasteiger partial charge in [0.2, 0.25) is 0 Å². The second-order valence-corrected chi connectivity index (χ2v) is 9.50. The first-order valence-corrected chi connectivity index (χ1v) is 11.4. The molecule has 2 heterocycles. The van der Waals surface area contributed by atoms with Crippen molar-refractivity contribution < 1.29 is 0 Å². The second kappa shape index (κ2) is 6.68. The number of benzene rings is 4. The number of nitrogens with zero attached hydrogens (tertiary/aromatic N) is 1. The van der Waals surface area contributed by atoms with Gasteiger partial charge in [-0.2, -0.15) is 0 Å². The normalized spacial score (nSPS) is 11.9. The van der Waals surface area contributed by atoms with Crippen LogP contribution in [0, 0.1) is 0 Å². The molecular weight excluding hydrogens is 381 g/mol. The monoisotopic (exact) mass is 404 g/mol. The highest BCUT2D eigenvalue weighted by molar-refractivity contribution is 6.61. The summed E-state index contributed by atoms with van der Waals surface area (Å²) in [6.07, 6.45) is 0. The first-order chi connectivity index (χ1) is 15.4. The summed E-state index contributed by atoms with van der Waals surface area (Å²) in [5.74, 6) is 0. The van der Waals surface area contributed by atoms with Crippen molar-refractivity contribution in [3.8, 4) is 5.69 Å². The van der Waals surface area contributed by atoms with Gasteiger partial charge in [-0.25, -0.2) is 0 Å². The minimum atomic E-state index is 1.20. The van der Waals surface area contributed by atoms with Gasteiger partial charge in [-0.15, -0.1) is 0 Å². The van der Waals surface area contributed by atoms with Crippen LogP contribution in [0.5, 0.6) is 0 Å². The lowest BCUT2D eigenvalue weighted by atomic mass is 9.74. The van der Waals surface area contributed by atoms with E-state index in [1.165, 1.54) is 82.1 Å². The van der Waals surface area contributed by atoms with Gasteiger partial charge >= 0.3 is 0 Å². The Balaban J connectivity index is 2.00. The molecule has 0 saturated carbocycles. The summed E-state index contributed by atoms with van der Waals surface area (Å²) in [6, 6.07) is 20.1. The lowest BCUT2D eigenvalue weighted by molar-refractivity contribution is 1.19. The van der Waals surface area contributed by atoms with E-state index in [2.05, 4.69) is 111 Å². The Hall–Kier alpha value is -3.13. The van der Waals surface area contributed by atoms with Gasteiger partial charge in [-0.3, -0.25) is 0 Å². The number of rotatable bonds is 1. The predicted octanol–water partition coefficient (Wildman–Crippen LogP) is -4.03. The Labute approximate surface area is 193 Å². The van der Waals surface area contributed by atoms with Crippen LogP contribution in [0.1, 0.15) is 0 Å². The molecule has 0 aliphatic rings. The third kappa shape index (κ3) is 2.50. The summed E-state index contributed by atoms with van der Waals surface area (Å²) in [6.45, 7) is 0. The van der Waals surface area contributed by atoms with Crippen LogP contribution >= 0.6 is 0 Å². The number of hydrogen-bond acceptors (Lipinski definition) is 0. The molecule has 1 N–H and O–H groups in total. The molecule has 0 atom stereocenters. The topological polar surface area (TPSA) is 20.7 Å². The van der Waals surface area contributed by atoms with Gasteiger partial charge in [0.05, 0.1) is 11.0 Å². The molecule has 6 rings (SSSR count). The van der Waals surface area contributed by atoms with Gasteiger partial charge in [0.25, 0.3) is 0 Å². The van der Waals surface area contributed by atoms with E-state index in [1.807, 2.05) is 0 Å². The standard InChI is InChI=1S/C24H22B6N2/c25-10-6-13-17-19(29)20(30)18-14-7-11(26)9-16(28)23(14)32(12-4-2-1-3-5-12)24(18)22(17)31-21(13)15(27)8-10/h1-9,31H,25-30H2. The highest BCUT2D eigenvalue weighted by atomic mass is 15.0. The molecule has 0 fully saturated rings. The summed E-state index contributed by atoms with van der Waals surface area (Å²) in [4.78, 5) is 3.87. The quantitative estimate of drug-likeness (QED) is 0.270. The fourth-order valence-electron chi connectivity index (χ4n) is 5.85. The third-order valence-corrected chi connectivity index (χ3v) is 7.21. The fourth-order valence-corrected chi connectivity index (χ4v) is 5.85. The summed E-state index contributed by atoms with van der Waals surface area (Å²) in [5.41, 5.74) is 14.3. The zero-order chi connectivity index (χ0) is 22.3. The van der Waals surface area contributed by atoms with E-state index in [-0.39, 0.29) is 0 Å². The Morgan fingerprint density at radius 1 is 0.594 bits per heavy atom. The van der Waals surface area contributed by atoms with Gasteiger partial charge in [0.15, 0.2) is 0 Å². The van der Waals surface area contributed by atoms with Crippen LogP contribution in [-0.4, -0.2) is 56.6 Å².